The number of ether oxygens (including phenoxy) is 3. The molecule has 0 saturated heterocycles. The van der Waals surface area contributed by atoms with Gasteiger partial charge in [0.1, 0.15) is 17.2 Å². The zero-order valence-electron chi connectivity index (χ0n) is 13.0. The first-order valence-corrected chi connectivity index (χ1v) is 7.18. The maximum absolute atomic E-state index is 12.0. The van der Waals surface area contributed by atoms with Gasteiger partial charge in [-0.25, -0.2) is 0 Å². The SMILES string of the molecule is CCC(C(=O)OC)c1ccc(OC)cc1Oc1ccccc1. The van der Waals surface area contributed by atoms with Crippen molar-refractivity contribution in [1.82, 2.24) is 0 Å². The molecule has 116 valence electrons. The van der Waals surface area contributed by atoms with Crippen LogP contribution >= 0.6 is 0 Å². The number of methoxy groups -OCH3 is 2. The van der Waals surface area contributed by atoms with Gasteiger partial charge in [0.05, 0.1) is 20.1 Å². The van der Waals surface area contributed by atoms with Gasteiger partial charge in [-0.3, -0.25) is 4.79 Å². The van der Waals surface area contributed by atoms with E-state index in [1.807, 2.05) is 49.4 Å². The summed E-state index contributed by atoms with van der Waals surface area (Å²) in [4.78, 5) is 12.0. The zero-order chi connectivity index (χ0) is 15.9. The molecule has 0 fully saturated rings. The molecule has 22 heavy (non-hydrogen) atoms. The predicted molar refractivity (Wildman–Crippen MR) is 84.6 cm³/mol. The normalized spacial score (nSPS) is 11.6. The number of esters is 1. The second-order valence-electron chi connectivity index (χ2n) is 4.80. The predicted octanol–water partition coefficient (Wildman–Crippen LogP) is 4.15. The van der Waals surface area contributed by atoms with Crippen LogP contribution in [0.5, 0.6) is 17.2 Å². The molecule has 2 aromatic rings. The highest BCUT2D eigenvalue weighted by molar-refractivity contribution is 5.79. The van der Waals surface area contributed by atoms with E-state index in [-0.39, 0.29) is 11.9 Å². The smallest absolute Gasteiger partial charge is 0.313 e. The van der Waals surface area contributed by atoms with Gasteiger partial charge in [0.15, 0.2) is 0 Å². The summed E-state index contributed by atoms with van der Waals surface area (Å²) >= 11 is 0. The fourth-order valence-electron chi connectivity index (χ4n) is 2.29. The lowest BCUT2D eigenvalue weighted by molar-refractivity contribution is -0.142. The highest BCUT2D eigenvalue weighted by Crippen LogP contribution is 2.35. The first-order valence-electron chi connectivity index (χ1n) is 7.18. The molecule has 1 atom stereocenters. The number of carbonyl (C=O) groups is 1. The minimum atomic E-state index is -0.366. The standard InChI is InChI=1S/C18H20O4/c1-4-15(18(19)21-3)16-11-10-14(20-2)12-17(16)22-13-8-6-5-7-9-13/h5-12,15H,4H2,1-3H3. The van der Waals surface area contributed by atoms with Crippen molar-refractivity contribution in [2.45, 2.75) is 19.3 Å². The fraction of sp³-hybridized carbons (Fsp3) is 0.278. The minimum Gasteiger partial charge on any atom is -0.497 e. The van der Waals surface area contributed by atoms with E-state index in [1.165, 1.54) is 7.11 Å². The van der Waals surface area contributed by atoms with Crippen LogP contribution in [0, 0.1) is 0 Å². The average molecular weight is 300 g/mol. The van der Waals surface area contributed by atoms with Crippen LogP contribution in [0.2, 0.25) is 0 Å². The van der Waals surface area contributed by atoms with Gasteiger partial charge in [-0.15, -0.1) is 0 Å². The molecule has 0 N–H and O–H groups in total. The summed E-state index contributed by atoms with van der Waals surface area (Å²) in [6, 6.07) is 14.9. The first-order chi connectivity index (χ1) is 10.7. The Kier molecular flexibility index (Phi) is 5.42. The van der Waals surface area contributed by atoms with Crippen LogP contribution in [-0.4, -0.2) is 20.2 Å². The van der Waals surface area contributed by atoms with Crippen molar-refractivity contribution >= 4 is 5.97 Å². The second kappa shape index (κ2) is 7.50. The summed E-state index contributed by atoms with van der Waals surface area (Å²) in [5.41, 5.74) is 0.791. The van der Waals surface area contributed by atoms with Gasteiger partial charge in [0, 0.05) is 11.6 Å². The van der Waals surface area contributed by atoms with Crippen LogP contribution in [0.1, 0.15) is 24.8 Å². The van der Waals surface area contributed by atoms with Gasteiger partial charge in [0.25, 0.3) is 0 Å². The summed E-state index contributed by atoms with van der Waals surface area (Å²) in [5, 5.41) is 0. The molecule has 0 aliphatic rings. The lowest BCUT2D eigenvalue weighted by Crippen LogP contribution is -2.14. The van der Waals surface area contributed by atoms with E-state index < -0.39 is 0 Å². The Morgan fingerprint density at radius 1 is 1.05 bits per heavy atom. The van der Waals surface area contributed by atoms with Crippen molar-refractivity contribution < 1.29 is 19.0 Å². The van der Waals surface area contributed by atoms with Crippen LogP contribution in [-0.2, 0) is 9.53 Å². The molecule has 0 radical (unpaired) electrons. The highest BCUT2D eigenvalue weighted by atomic mass is 16.5. The molecule has 0 amide bonds. The maximum atomic E-state index is 12.0. The highest BCUT2D eigenvalue weighted by Gasteiger charge is 2.23. The number of benzene rings is 2. The van der Waals surface area contributed by atoms with Crippen molar-refractivity contribution in [2.24, 2.45) is 0 Å². The Balaban J connectivity index is 2.42. The fourth-order valence-corrected chi connectivity index (χ4v) is 2.29. The summed E-state index contributed by atoms with van der Waals surface area (Å²) in [6.07, 6.45) is 0.629. The van der Waals surface area contributed by atoms with E-state index in [4.69, 9.17) is 14.2 Å². The van der Waals surface area contributed by atoms with Crippen LogP contribution in [0.25, 0.3) is 0 Å². The molecule has 4 nitrogen and oxygen atoms in total. The molecular formula is C18H20O4. The number of hydrogen-bond acceptors (Lipinski definition) is 4. The van der Waals surface area contributed by atoms with Crippen molar-refractivity contribution in [3.63, 3.8) is 0 Å². The third kappa shape index (κ3) is 3.58. The van der Waals surface area contributed by atoms with Crippen molar-refractivity contribution in [3.05, 3.63) is 54.1 Å². The quantitative estimate of drug-likeness (QED) is 0.752. The number of para-hydroxylation sites is 1. The van der Waals surface area contributed by atoms with Crippen molar-refractivity contribution in [2.75, 3.05) is 14.2 Å². The van der Waals surface area contributed by atoms with Crippen LogP contribution < -0.4 is 9.47 Å². The molecule has 0 saturated carbocycles. The monoisotopic (exact) mass is 300 g/mol. The molecule has 0 spiro atoms. The maximum Gasteiger partial charge on any atom is 0.313 e. The van der Waals surface area contributed by atoms with E-state index in [0.717, 1.165) is 5.56 Å². The van der Waals surface area contributed by atoms with E-state index in [0.29, 0.717) is 23.7 Å². The number of carbonyl (C=O) groups excluding carboxylic acids is 1. The molecule has 0 bridgehead atoms. The molecule has 0 aromatic heterocycles. The molecule has 2 aromatic carbocycles. The van der Waals surface area contributed by atoms with Crippen molar-refractivity contribution in [1.29, 1.82) is 0 Å². The van der Waals surface area contributed by atoms with Gasteiger partial charge in [-0.1, -0.05) is 31.2 Å². The van der Waals surface area contributed by atoms with Gasteiger partial charge in [-0.2, -0.15) is 0 Å². The van der Waals surface area contributed by atoms with Crippen molar-refractivity contribution in [3.8, 4) is 17.2 Å². The number of hydrogen-bond donors (Lipinski definition) is 0. The first kappa shape index (κ1) is 15.9. The Morgan fingerprint density at radius 3 is 2.36 bits per heavy atom. The third-order valence-electron chi connectivity index (χ3n) is 3.46. The summed E-state index contributed by atoms with van der Waals surface area (Å²) in [5.74, 6) is 1.34. The topological polar surface area (TPSA) is 44.8 Å². The zero-order valence-corrected chi connectivity index (χ0v) is 13.0. The van der Waals surface area contributed by atoms with E-state index in [9.17, 15) is 4.79 Å². The van der Waals surface area contributed by atoms with Gasteiger partial charge in [0.2, 0.25) is 0 Å². The number of rotatable bonds is 6. The average Bonchev–Trinajstić information content (AvgIpc) is 2.57. The molecule has 0 aliphatic carbocycles. The Morgan fingerprint density at radius 2 is 1.77 bits per heavy atom. The lowest BCUT2D eigenvalue weighted by atomic mass is 9.95. The summed E-state index contributed by atoms with van der Waals surface area (Å²) < 4.78 is 16.1. The third-order valence-corrected chi connectivity index (χ3v) is 3.46. The minimum absolute atomic E-state index is 0.273. The summed E-state index contributed by atoms with van der Waals surface area (Å²) in [7, 11) is 2.99. The van der Waals surface area contributed by atoms with Crippen LogP contribution in [0.3, 0.4) is 0 Å². The van der Waals surface area contributed by atoms with Crippen LogP contribution in [0.15, 0.2) is 48.5 Å². The van der Waals surface area contributed by atoms with Crippen LogP contribution in [0.4, 0.5) is 0 Å². The van der Waals surface area contributed by atoms with E-state index >= 15 is 0 Å². The molecule has 0 heterocycles. The second-order valence-corrected chi connectivity index (χ2v) is 4.80. The molecule has 2 rings (SSSR count). The largest absolute Gasteiger partial charge is 0.497 e. The molecule has 1 unspecified atom stereocenters. The Hall–Kier alpha value is -2.49. The Labute approximate surface area is 130 Å². The molecular weight excluding hydrogens is 280 g/mol. The van der Waals surface area contributed by atoms with E-state index in [1.54, 1.807) is 13.2 Å². The van der Waals surface area contributed by atoms with Gasteiger partial charge in [-0.05, 0) is 24.6 Å². The van der Waals surface area contributed by atoms with Gasteiger partial charge < -0.3 is 14.2 Å². The van der Waals surface area contributed by atoms with Gasteiger partial charge >= 0.3 is 5.97 Å². The Bertz CT molecular complexity index is 622. The van der Waals surface area contributed by atoms with E-state index in [2.05, 4.69) is 0 Å². The molecule has 0 aliphatic heterocycles. The lowest BCUT2D eigenvalue weighted by Gasteiger charge is -2.18. The molecule has 4 heteroatoms. The summed E-state index contributed by atoms with van der Waals surface area (Å²) in [6.45, 7) is 1.94.